The van der Waals surface area contributed by atoms with Gasteiger partial charge in [-0.2, -0.15) is 0 Å². The highest BCUT2D eigenvalue weighted by molar-refractivity contribution is 9.10. The van der Waals surface area contributed by atoms with Crippen LogP contribution in [0.5, 0.6) is 11.5 Å². The predicted octanol–water partition coefficient (Wildman–Crippen LogP) is 5.46. The molecule has 21 heavy (non-hydrogen) atoms. The summed E-state index contributed by atoms with van der Waals surface area (Å²) >= 11 is 7.44. The van der Waals surface area contributed by atoms with E-state index >= 15 is 0 Å². The van der Waals surface area contributed by atoms with E-state index in [1.165, 1.54) is 11.1 Å². The third-order valence-electron chi connectivity index (χ3n) is 3.85. The quantitative estimate of drug-likeness (QED) is 0.624. The number of halogens is 2. The van der Waals surface area contributed by atoms with Crippen molar-refractivity contribution in [2.24, 2.45) is 0 Å². The zero-order chi connectivity index (χ0) is 14.8. The fourth-order valence-electron chi connectivity index (χ4n) is 2.76. The van der Waals surface area contributed by atoms with E-state index in [0.717, 1.165) is 29.0 Å². The standard InChI is InChI=1S/C17H16Br2O2/c1-20-16-7-6-11(10-14(16)18)17(19)13-8-9-21-15-5-3-2-4-12(13)15/h2-7,10,13,17H,8-9H2,1H3. The van der Waals surface area contributed by atoms with Crippen LogP contribution in [-0.4, -0.2) is 13.7 Å². The Labute approximate surface area is 141 Å². The maximum atomic E-state index is 5.75. The molecule has 4 heteroatoms. The fraction of sp³-hybridized carbons (Fsp3) is 0.294. The third kappa shape index (κ3) is 2.97. The van der Waals surface area contributed by atoms with Gasteiger partial charge in [-0.25, -0.2) is 0 Å². The number of hydrogen-bond acceptors (Lipinski definition) is 2. The van der Waals surface area contributed by atoms with Crippen molar-refractivity contribution in [1.82, 2.24) is 0 Å². The van der Waals surface area contributed by atoms with Gasteiger partial charge in [0.25, 0.3) is 0 Å². The zero-order valence-corrected chi connectivity index (χ0v) is 14.9. The smallest absolute Gasteiger partial charge is 0.133 e. The first kappa shape index (κ1) is 14.9. The Morgan fingerprint density at radius 2 is 2.05 bits per heavy atom. The maximum Gasteiger partial charge on any atom is 0.133 e. The molecule has 1 aliphatic heterocycles. The van der Waals surface area contributed by atoms with Crippen molar-refractivity contribution < 1.29 is 9.47 Å². The van der Waals surface area contributed by atoms with Crippen molar-refractivity contribution in [2.75, 3.05) is 13.7 Å². The van der Waals surface area contributed by atoms with Gasteiger partial charge in [0, 0.05) is 10.7 Å². The van der Waals surface area contributed by atoms with Crippen LogP contribution in [0.3, 0.4) is 0 Å². The fourth-order valence-corrected chi connectivity index (χ4v) is 4.15. The summed E-state index contributed by atoms with van der Waals surface area (Å²) in [5.74, 6) is 2.27. The van der Waals surface area contributed by atoms with Gasteiger partial charge in [-0.15, -0.1) is 0 Å². The van der Waals surface area contributed by atoms with E-state index in [9.17, 15) is 0 Å². The second kappa shape index (κ2) is 6.41. The Kier molecular flexibility index (Phi) is 4.55. The molecule has 2 nitrogen and oxygen atoms in total. The lowest BCUT2D eigenvalue weighted by Gasteiger charge is -2.29. The summed E-state index contributed by atoms with van der Waals surface area (Å²) in [5.41, 5.74) is 2.52. The molecule has 0 radical (unpaired) electrons. The Balaban J connectivity index is 1.92. The molecule has 0 fully saturated rings. The van der Waals surface area contributed by atoms with E-state index in [1.807, 2.05) is 18.2 Å². The minimum atomic E-state index is 0.254. The highest BCUT2D eigenvalue weighted by atomic mass is 79.9. The van der Waals surface area contributed by atoms with Crippen molar-refractivity contribution in [2.45, 2.75) is 17.2 Å². The molecule has 0 aromatic heterocycles. The van der Waals surface area contributed by atoms with E-state index in [2.05, 4.69) is 56.1 Å². The summed E-state index contributed by atoms with van der Waals surface area (Å²) in [5, 5.41) is 0. The van der Waals surface area contributed by atoms with Crippen molar-refractivity contribution in [1.29, 1.82) is 0 Å². The molecule has 0 N–H and O–H groups in total. The SMILES string of the molecule is COc1ccc(C(Br)C2CCOc3ccccc32)cc1Br. The van der Waals surface area contributed by atoms with Crippen LogP contribution < -0.4 is 9.47 Å². The van der Waals surface area contributed by atoms with Crippen molar-refractivity contribution in [3.63, 3.8) is 0 Å². The molecule has 0 saturated carbocycles. The number of rotatable bonds is 3. The molecule has 0 spiro atoms. The summed E-state index contributed by atoms with van der Waals surface area (Å²) in [7, 11) is 1.68. The van der Waals surface area contributed by atoms with Gasteiger partial charge in [-0.3, -0.25) is 0 Å². The van der Waals surface area contributed by atoms with Crippen molar-refractivity contribution in [3.05, 3.63) is 58.1 Å². The van der Waals surface area contributed by atoms with Crippen LogP contribution in [0.2, 0.25) is 0 Å². The van der Waals surface area contributed by atoms with Gasteiger partial charge in [-0.05, 0) is 51.7 Å². The second-order valence-electron chi connectivity index (χ2n) is 5.08. The van der Waals surface area contributed by atoms with Gasteiger partial charge in [0.15, 0.2) is 0 Å². The zero-order valence-electron chi connectivity index (χ0n) is 11.7. The topological polar surface area (TPSA) is 18.5 Å². The number of benzene rings is 2. The van der Waals surface area contributed by atoms with E-state index < -0.39 is 0 Å². The summed E-state index contributed by atoms with van der Waals surface area (Å²) in [6.07, 6.45) is 1.01. The minimum Gasteiger partial charge on any atom is -0.496 e. The Bertz CT molecular complexity index is 642. The number of methoxy groups -OCH3 is 1. The Hall–Kier alpha value is -1.00. The van der Waals surface area contributed by atoms with Gasteiger partial charge in [-0.1, -0.05) is 40.2 Å². The van der Waals surface area contributed by atoms with Gasteiger partial charge < -0.3 is 9.47 Å². The molecule has 3 rings (SSSR count). The van der Waals surface area contributed by atoms with Crippen LogP contribution in [0, 0.1) is 0 Å². The van der Waals surface area contributed by atoms with Crippen LogP contribution in [0.15, 0.2) is 46.9 Å². The van der Waals surface area contributed by atoms with E-state index in [0.29, 0.717) is 5.92 Å². The minimum absolute atomic E-state index is 0.254. The molecule has 0 saturated heterocycles. The lowest BCUT2D eigenvalue weighted by molar-refractivity contribution is 0.266. The molecule has 0 amide bonds. The van der Waals surface area contributed by atoms with Crippen LogP contribution in [0.1, 0.15) is 28.3 Å². The average Bonchev–Trinajstić information content (AvgIpc) is 2.53. The monoisotopic (exact) mass is 410 g/mol. The first-order chi connectivity index (χ1) is 10.2. The first-order valence-corrected chi connectivity index (χ1v) is 8.61. The van der Waals surface area contributed by atoms with Crippen LogP contribution in [0.4, 0.5) is 0 Å². The largest absolute Gasteiger partial charge is 0.496 e. The van der Waals surface area contributed by atoms with Crippen LogP contribution in [0.25, 0.3) is 0 Å². The van der Waals surface area contributed by atoms with Gasteiger partial charge in [0.05, 0.1) is 18.2 Å². The number of para-hydroxylation sites is 1. The molecule has 1 heterocycles. The lowest BCUT2D eigenvalue weighted by atomic mass is 9.87. The molecule has 2 aromatic rings. The molecule has 1 aliphatic rings. The van der Waals surface area contributed by atoms with E-state index in [-0.39, 0.29) is 4.83 Å². The van der Waals surface area contributed by atoms with E-state index in [4.69, 9.17) is 9.47 Å². The molecule has 0 aliphatic carbocycles. The Morgan fingerprint density at radius 1 is 1.24 bits per heavy atom. The Morgan fingerprint density at radius 3 is 2.81 bits per heavy atom. The van der Waals surface area contributed by atoms with E-state index in [1.54, 1.807) is 7.11 Å². The van der Waals surface area contributed by atoms with Gasteiger partial charge in [0.2, 0.25) is 0 Å². The normalized spacial score (nSPS) is 18.5. The lowest BCUT2D eigenvalue weighted by Crippen LogP contribution is -2.17. The van der Waals surface area contributed by atoms with Gasteiger partial charge in [0.1, 0.15) is 11.5 Å². The summed E-state index contributed by atoms with van der Waals surface area (Å²) in [6.45, 7) is 0.765. The second-order valence-corrected chi connectivity index (χ2v) is 6.92. The van der Waals surface area contributed by atoms with Gasteiger partial charge >= 0.3 is 0 Å². The number of alkyl halides is 1. The molecular formula is C17H16Br2O2. The van der Waals surface area contributed by atoms with Crippen LogP contribution in [-0.2, 0) is 0 Å². The van der Waals surface area contributed by atoms with Crippen molar-refractivity contribution >= 4 is 31.9 Å². The maximum absolute atomic E-state index is 5.75. The molecular weight excluding hydrogens is 396 g/mol. The summed E-state index contributed by atoms with van der Waals surface area (Å²) in [6, 6.07) is 14.5. The molecule has 2 unspecified atom stereocenters. The predicted molar refractivity (Wildman–Crippen MR) is 91.7 cm³/mol. The highest BCUT2D eigenvalue weighted by Gasteiger charge is 2.28. The average molecular weight is 412 g/mol. The van der Waals surface area contributed by atoms with Crippen molar-refractivity contribution in [3.8, 4) is 11.5 Å². The number of ether oxygens (including phenoxy) is 2. The number of hydrogen-bond donors (Lipinski definition) is 0. The first-order valence-electron chi connectivity index (χ1n) is 6.90. The third-order valence-corrected chi connectivity index (χ3v) is 5.64. The molecule has 110 valence electrons. The van der Waals surface area contributed by atoms with Crippen LogP contribution >= 0.6 is 31.9 Å². The molecule has 2 atom stereocenters. The summed E-state index contributed by atoms with van der Waals surface area (Å²) in [4.78, 5) is 0.254. The highest BCUT2D eigenvalue weighted by Crippen LogP contribution is 2.46. The molecule has 2 aromatic carbocycles. The number of fused-ring (bicyclic) bond motifs is 1. The molecule has 0 bridgehead atoms. The summed E-state index contributed by atoms with van der Waals surface area (Å²) < 4.78 is 12.0.